The number of halogens is 1. The molecule has 2 atom stereocenters. The van der Waals surface area contributed by atoms with E-state index in [1.165, 1.54) is 16.7 Å². The van der Waals surface area contributed by atoms with Crippen LogP contribution in [0.1, 0.15) is 29.5 Å². The predicted molar refractivity (Wildman–Crippen MR) is 96.2 cm³/mol. The lowest BCUT2D eigenvalue weighted by Crippen LogP contribution is -2.38. The second kappa shape index (κ2) is 7.40. The number of hydrogen-bond acceptors (Lipinski definition) is 2. The highest BCUT2D eigenvalue weighted by Crippen LogP contribution is 2.23. The van der Waals surface area contributed by atoms with Crippen molar-refractivity contribution >= 4 is 15.9 Å². The lowest BCUT2D eigenvalue weighted by atomic mass is 9.90. The van der Waals surface area contributed by atoms with Crippen molar-refractivity contribution in [3.8, 4) is 0 Å². The molecule has 0 saturated carbocycles. The van der Waals surface area contributed by atoms with Crippen molar-refractivity contribution in [1.82, 2.24) is 10.6 Å². The molecule has 0 fully saturated rings. The smallest absolute Gasteiger partial charge is 0.0208 e. The maximum absolute atomic E-state index is 3.70. The summed E-state index contributed by atoms with van der Waals surface area (Å²) in [7, 11) is 0. The molecule has 2 aromatic carbocycles. The molecular formula is C19H23BrN2. The van der Waals surface area contributed by atoms with Gasteiger partial charge in [0, 0.05) is 36.1 Å². The molecular weight excluding hydrogens is 336 g/mol. The fraction of sp³-hybridized carbons (Fsp3) is 0.368. The average Bonchev–Trinajstić information content (AvgIpc) is 2.55. The van der Waals surface area contributed by atoms with Crippen LogP contribution in [0.5, 0.6) is 0 Å². The summed E-state index contributed by atoms with van der Waals surface area (Å²) < 4.78 is 1.14. The normalized spacial score (nSPS) is 18.7. The summed E-state index contributed by atoms with van der Waals surface area (Å²) in [6.45, 7) is 5.36. The van der Waals surface area contributed by atoms with Gasteiger partial charge in [-0.15, -0.1) is 0 Å². The summed E-state index contributed by atoms with van der Waals surface area (Å²) in [5.41, 5.74) is 4.33. The van der Waals surface area contributed by atoms with E-state index in [0.29, 0.717) is 12.0 Å². The molecule has 0 spiro atoms. The summed E-state index contributed by atoms with van der Waals surface area (Å²) >= 11 is 3.49. The van der Waals surface area contributed by atoms with Crippen LogP contribution in [0.15, 0.2) is 53.0 Å². The van der Waals surface area contributed by atoms with Crippen molar-refractivity contribution in [2.45, 2.75) is 31.8 Å². The van der Waals surface area contributed by atoms with Crippen molar-refractivity contribution < 1.29 is 0 Å². The molecule has 0 amide bonds. The Balaban J connectivity index is 1.55. The van der Waals surface area contributed by atoms with Crippen molar-refractivity contribution in [2.24, 2.45) is 0 Å². The Morgan fingerprint density at radius 3 is 2.77 bits per heavy atom. The van der Waals surface area contributed by atoms with Gasteiger partial charge in [-0.05, 0) is 42.2 Å². The van der Waals surface area contributed by atoms with E-state index < -0.39 is 0 Å². The predicted octanol–water partition coefficient (Wildman–Crippen LogP) is 3.86. The number of rotatable bonds is 5. The van der Waals surface area contributed by atoms with Crippen LogP contribution in [0.3, 0.4) is 0 Å². The first-order valence-electron chi connectivity index (χ1n) is 7.98. The first-order chi connectivity index (χ1) is 10.7. The molecule has 3 heteroatoms. The second-order valence-electron chi connectivity index (χ2n) is 6.17. The van der Waals surface area contributed by atoms with E-state index in [4.69, 9.17) is 0 Å². The third-order valence-corrected chi connectivity index (χ3v) is 4.90. The fourth-order valence-corrected chi connectivity index (χ4v) is 3.42. The highest BCUT2D eigenvalue weighted by molar-refractivity contribution is 9.10. The van der Waals surface area contributed by atoms with E-state index in [2.05, 4.69) is 82.0 Å². The standard InChI is InChI=1S/C19H23BrN2/c1-14(10-15-6-8-18(20)9-7-15)22-13-17-12-21-11-16-4-2-3-5-19(16)17/h2-9,14,17,21-22H,10-13H2,1H3. The SMILES string of the molecule is CC(Cc1ccc(Br)cc1)NCC1CNCc2ccccc21. The Morgan fingerprint density at radius 2 is 1.95 bits per heavy atom. The minimum absolute atomic E-state index is 0.482. The van der Waals surface area contributed by atoms with Crippen LogP contribution in [0.25, 0.3) is 0 Å². The van der Waals surface area contributed by atoms with Crippen molar-refractivity contribution in [2.75, 3.05) is 13.1 Å². The van der Waals surface area contributed by atoms with Gasteiger partial charge >= 0.3 is 0 Å². The minimum Gasteiger partial charge on any atom is -0.313 e. The molecule has 0 aromatic heterocycles. The minimum atomic E-state index is 0.482. The largest absolute Gasteiger partial charge is 0.313 e. The molecule has 2 unspecified atom stereocenters. The zero-order valence-corrected chi connectivity index (χ0v) is 14.6. The van der Waals surface area contributed by atoms with Gasteiger partial charge in [0.2, 0.25) is 0 Å². The maximum atomic E-state index is 3.70. The van der Waals surface area contributed by atoms with Gasteiger partial charge in [0.05, 0.1) is 0 Å². The highest BCUT2D eigenvalue weighted by atomic mass is 79.9. The van der Waals surface area contributed by atoms with E-state index in [0.717, 1.165) is 30.5 Å². The monoisotopic (exact) mass is 358 g/mol. The Labute approximate surface area is 141 Å². The van der Waals surface area contributed by atoms with Crippen LogP contribution in [-0.4, -0.2) is 19.1 Å². The molecule has 2 nitrogen and oxygen atoms in total. The first-order valence-corrected chi connectivity index (χ1v) is 8.78. The van der Waals surface area contributed by atoms with Crippen LogP contribution in [-0.2, 0) is 13.0 Å². The van der Waals surface area contributed by atoms with Gasteiger partial charge < -0.3 is 10.6 Å². The first kappa shape index (κ1) is 15.7. The van der Waals surface area contributed by atoms with Crippen LogP contribution >= 0.6 is 15.9 Å². The van der Waals surface area contributed by atoms with E-state index in [1.54, 1.807) is 0 Å². The van der Waals surface area contributed by atoms with E-state index in [1.807, 2.05) is 0 Å². The number of benzene rings is 2. The van der Waals surface area contributed by atoms with Gasteiger partial charge in [-0.3, -0.25) is 0 Å². The van der Waals surface area contributed by atoms with Gasteiger partial charge in [0.15, 0.2) is 0 Å². The number of hydrogen-bond donors (Lipinski definition) is 2. The van der Waals surface area contributed by atoms with Gasteiger partial charge in [0.25, 0.3) is 0 Å². The van der Waals surface area contributed by atoms with Crippen LogP contribution < -0.4 is 10.6 Å². The third kappa shape index (κ3) is 3.97. The molecule has 2 N–H and O–H groups in total. The molecule has 0 saturated heterocycles. The number of nitrogens with one attached hydrogen (secondary N) is 2. The molecule has 116 valence electrons. The van der Waals surface area contributed by atoms with Crippen molar-refractivity contribution in [1.29, 1.82) is 0 Å². The highest BCUT2D eigenvalue weighted by Gasteiger charge is 2.19. The molecule has 3 rings (SSSR count). The summed E-state index contributed by atoms with van der Waals surface area (Å²) in [6.07, 6.45) is 1.06. The van der Waals surface area contributed by atoms with Crippen molar-refractivity contribution in [3.63, 3.8) is 0 Å². The lowest BCUT2D eigenvalue weighted by molar-refractivity contribution is 0.463. The Bertz CT molecular complexity index is 609. The van der Waals surface area contributed by atoms with E-state index >= 15 is 0 Å². The Kier molecular flexibility index (Phi) is 5.29. The van der Waals surface area contributed by atoms with Gasteiger partial charge in [-0.25, -0.2) is 0 Å². The summed E-state index contributed by atoms with van der Waals surface area (Å²) in [4.78, 5) is 0. The third-order valence-electron chi connectivity index (χ3n) is 4.37. The van der Waals surface area contributed by atoms with E-state index in [-0.39, 0.29) is 0 Å². The van der Waals surface area contributed by atoms with Gasteiger partial charge in [0.1, 0.15) is 0 Å². The summed E-state index contributed by atoms with van der Waals surface area (Å²) in [6, 6.07) is 17.9. The molecule has 2 aromatic rings. The summed E-state index contributed by atoms with van der Waals surface area (Å²) in [5.74, 6) is 0.567. The molecule has 0 aliphatic carbocycles. The zero-order chi connectivity index (χ0) is 15.4. The van der Waals surface area contributed by atoms with Crippen LogP contribution in [0, 0.1) is 0 Å². The Hall–Kier alpha value is -1.16. The van der Waals surface area contributed by atoms with Gasteiger partial charge in [-0.2, -0.15) is 0 Å². The zero-order valence-electron chi connectivity index (χ0n) is 13.0. The molecule has 22 heavy (non-hydrogen) atoms. The van der Waals surface area contributed by atoms with E-state index in [9.17, 15) is 0 Å². The fourth-order valence-electron chi connectivity index (χ4n) is 3.16. The molecule has 0 radical (unpaired) electrons. The molecule has 0 bridgehead atoms. The number of fused-ring (bicyclic) bond motifs is 1. The second-order valence-corrected chi connectivity index (χ2v) is 7.08. The average molecular weight is 359 g/mol. The summed E-state index contributed by atoms with van der Waals surface area (Å²) in [5, 5.41) is 7.23. The van der Waals surface area contributed by atoms with Gasteiger partial charge in [-0.1, -0.05) is 52.3 Å². The maximum Gasteiger partial charge on any atom is 0.0208 e. The molecule has 1 heterocycles. The molecule has 1 aliphatic heterocycles. The van der Waals surface area contributed by atoms with Crippen LogP contribution in [0.4, 0.5) is 0 Å². The molecule has 1 aliphatic rings. The van der Waals surface area contributed by atoms with Crippen LogP contribution in [0.2, 0.25) is 0 Å². The van der Waals surface area contributed by atoms with Crippen molar-refractivity contribution in [3.05, 3.63) is 69.7 Å². The Morgan fingerprint density at radius 1 is 1.18 bits per heavy atom. The lowest BCUT2D eigenvalue weighted by Gasteiger charge is -2.28. The topological polar surface area (TPSA) is 24.1 Å². The quantitative estimate of drug-likeness (QED) is 0.847.